The number of aromatic nitrogens is 3. The molecule has 28 heavy (non-hydrogen) atoms. The van der Waals surface area contributed by atoms with E-state index in [1.165, 1.54) is 11.8 Å². The number of aryl methyl sites for hydroxylation is 1. The lowest BCUT2D eigenvalue weighted by molar-refractivity contribution is -0.115. The molecule has 5 N–H and O–H groups in total. The fourth-order valence-corrected chi connectivity index (χ4v) is 3.07. The number of hydrogen-bond donors (Lipinski definition) is 4. The molecule has 0 aliphatic heterocycles. The SMILES string of the molecule is CCC(=O)Nc1ccc2[nH]c(C)c(CCNCc3cncc(C(N)=O)n3)c2c1. The van der Waals surface area contributed by atoms with E-state index in [1.807, 2.05) is 32.0 Å². The van der Waals surface area contributed by atoms with E-state index in [4.69, 9.17) is 5.73 Å². The van der Waals surface area contributed by atoms with Crippen LogP contribution < -0.4 is 16.4 Å². The van der Waals surface area contributed by atoms with Crippen LogP contribution >= 0.6 is 0 Å². The summed E-state index contributed by atoms with van der Waals surface area (Å²) in [5.74, 6) is -0.594. The van der Waals surface area contributed by atoms with Gasteiger partial charge in [0.15, 0.2) is 0 Å². The number of hydrogen-bond acceptors (Lipinski definition) is 5. The maximum Gasteiger partial charge on any atom is 0.268 e. The quantitative estimate of drug-likeness (QED) is 0.445. The molecule has 0 bridgehead atoms. The van der Waals surface area contributed by atoms with Crippen molar-refractivity contribution < 1.29 is 9.59 Å². The summed E-state index contributed by atoms with van der Waals surface area (Å²) in [6.45, 7) is 5.09. The van der Waals surface area contributed by atoms with Crippen molar-refractivity contribution in [2.75, 3.05) is 11.9 Å². The van der Waals surface area contributed by atoms with Crippen LogP contribution in [0.2, 0.25) is 0 Å². The lowest BCUT2D eigenvalue weighted by Crippen LogP contribution is -2.20. The van der Waals surface area contributed by atoms with Crippen molar-refractivity contribution in [3.8, 4) is 0 Å². The number of carbonyl (C=O) groups excluding carboxylic acids is 2. The molecule has 0 atom stereocenters. The van der Waals surface area contributed by atoms with Crippen LogP contribution in [0.5, 0.6) is 0 Å². The van der Waals surface area contributed by atoms with Gasteiger partial charge in [0.1, 0.15) is 5.69 Å². The molecule has 146 valence electrons. The Kier molecular flexibility index (Phi) is 6.00. The molecule has 0 saturated heterocycles. The number of primary amides is 1. The van der Waals surface area contributed by atoms with Crippen molar-refractivity contribution in [1.82, 2.24) is 20.3 Å². The average molecular weight is 380 g/mol. The molecule has 0 aliphatic carbocycles. The molecule has 2 amide bonds. The van der Waals surface area contributed by atoms with Crippen molar-refractivity contribution >= 4 is 28.4 Å². The van der Waals surface area contributed by atoms with Gasteiger partial charge >= 0.3 is 0 Å². The van der Waals surface area contributed by atoms with E-state index >= 15 is 0 Å². The van der Waals surface area contributed by atoms with Gasteiger partial charge in [-0.1, -0.05) is 6.92 Å². The number of nitrogens with two attached hydrogens (primary N) is 1. The summed E-state index contributed by atoms with van der Waals surface area (Å²) in [5, 5.41) is 7.32. The molecule has 3 aromatic rings. The first-order chi connectivity index (χ1) is 13.5. The Morgan fingerprint density at radius 1 is 1.25 bits per heavy atom. The monoisotopic (exact) mass is 380 g/mol. The second-order valence-electron chi connectivity index (χ2n) is 6.58. The van der Waals surface area contributed by atoms with Crippen LogP contribution in [-0.2, 0) is 17.8 Å². The lowest BCUT2D eigenvalue weighted by atomic mass is 10.1. The smallest absolute Gasteiger partial charge is 0.268 e. The highest BCUT2D eigenvalue weighted by Crippen LogP contribution is 2.25. The number of amides is 2. The van der Waals surface area contributed by atoms with Gasteiger partial charge in [-0.2, -0.15) is 0 Å². The van der Waals surface area contributed by atoms with Crippen LogP contribution in [0.1, 0.15) is 40.8 Å². The third-order valence-electron chi connectivity index (χ3n) is 4.52. The zero-order chi connectivity index (χ0) is 20.1. The van der Waals surface area contributed by atoms with Gasteiger partial charge in [0, 0.05) is 41.4 Å². The Balaban J connectivity index is 1.66. The van der Waals surface area contributed by atoms with Gasteiger partial charge in [-0.15, -0.1) is 0 Å². The molecular formula is C20H24N6O2. The fraction of sp³-hybridized carbons (Fsp3) is 0.300. The summed E-state index contributed by atoms with van der Waals surface area (Å²) in [7, 11) is 0. The maximum atomic E-state index is 11.7. The van der Waals surface area contributed by atoms with Crippen molar-refractivity contribution in [2.24, 2.45) is 5.73 Å². The van der Waals surface area contributed by atoms with E-state index in [1.54, 1.807) is 6.20 Å². The van der Waals surface area contributed by atoms with Crippen molar-refractivity contribution in [2.45, 2.75) is 33.2 Å². The number of aromatic amines is 1. The molecule has 0 spiro atoms. The number of nitrogens with one attached hydrogen (secondary N) is 3. The molecule has 3 rings (SSSR count). The summed E-state index contributed by atoms with van der Waals surface area (Å²) >= 11 is 0. The third kappa shape index (κ3) is 4.52. The maximum absolute atomic E-state index is 11.7. The number of rotatable bonds is 8. The van der Waals surface area contributed by atoms with Crippen LogP contribution in [0.4, 0.5) is 5.69 Å². The first-order valence-corrected chi connectivity index (χ1v) is 9.20. The summed E-state index contributed by atoms with van der Waals surface area (Å²) in [4.78, 5) is 34.4. The van der Waals surface area contributed by atoms with Crippen LogP contribution in [0.25, 0.3) is 10.9 Å². The Morgan fingerprint density at radius 2 is 2.07 bits per heavy atom. The van der Waals surface area contributed by atoms with Crippen molar-refractivity contribution in [3.05, 3.63) is 53.2 Å². The summed E-state index contributed by atoms with van der Waals surface area (Å²) in [5.41, 5.74) is 10.2. The zero-order valence-corrected chi connectivity index (χ0v) is 16.0. The van der Waals surface area contributed by atoms with Gasteiger partial charge < -0.3 is 21.4 Å². The normalized spacial score (nSPS) is 10.9. The van der Waals surface area contributed by atoms with Gasteiger partial charge in [0.05, 0.1) is 11.9 Å². The largest absolute Gasteiger partial charge is 0.364 e. The van der Waals surface area contributed by atoms with E-state index in [9.17, 15) is 9.59 Å². The molecule has 0 fully saturated rings. The highest BCUT2D eigenvalue weighted by molar-refractivity contribution is 5.95. The van der Waals surface area contributed by atoms with Crippen molar-refractivity contribution in [3.63, 3.8) is 0 Å². The fourth-order valence-electron chi connectivity index (χ4n) is 3.07. The minimum Gasteiger partial charge on any atom is -0.364 e. The first kappa shape index (κ1) is 19.5. The van der Waals surface area contributed by atoms with E-state index in [2.05, 4.69) is 25.6 Å². The highest BCUT2D eigenvalue weighted by Gasteiger charge is 2.10. The number of nitrogens with zero attached hydrogens (tertiary/aromatic N) is 2. The van der Waals surface area contributed by atoms with E-state index in [-0.39, 0.29) is 11.6 Å². The van der Waals surface area contributed by atoms with Crippen LogP contribution in [0.3, 0.4) is 0 Å². The second kappa shape index (κ2) is 8.62. The van der Waals surface area contributed by atoms with E-state index in [0.717, 1.165) is 35.2 Å². The number of anilines is 1. The minimum atomic E-state index is -0.588. The molecule has 8 nitrogen and oxygen atoms in total. The van der Waals surface area contributed by atoms with Crippen LogP contribution in [0, 0.1) is 6.92 Å². The molecule has 0 saturated carbocycles. The highest BCUT2D eigenvalue weighted by atomic mass is 16.2. The molecule has 1 aromatic carbocycles. The van der Waals surface area contributed by atoms with Gasteiger partial charge in [0.25, 0.3) is 5.91 Å². The minimum absolute atomic E-state index is 0.00544. The molecule has 0 radical (unpaired) electrons. The molecule has 8 heteroatoms. The molecule has 0 aliphatic rings. The van der Waals surface area contributed by atoms with Crippen LogP contribution in [0.15, 0.2) is 30.6 Å². The number of carbonyl (C=O) groups is 2. The topological polar surface area (TPSA) is 126 Å². The molecular weight excluding hydrogens is 356 g/mol. The number of H-pyrrole nitrogens is 1. The van der Waals surface area contributed by atoms with Gasteiger partial charge in [-0.05, 0) is 43.7 Å². The van der Waals surface area contributed by atoms with E-state index < -0.39 is 5.91 Å². The predicted molar refractivity (Wildman–Crippen MR) is 108 cm³/mol. The Morgan fingerprint density at radius 3 is 2.82 bits per heavy atom. The Labute approximate surface area is 163 Å². The number of benzene rings is 1. The summed E-state index contributed by atoms with van der Waals surface area (Å²) in [6, 6.07) is 5.89. The van der Waals surface area contributed by atoms with Gasteiger partial charge in [0.2, 0.25) is 5.91 Å². The Bertz CT molecular complexity index is 1010. The van der Waals surface area contributed by atoms with Gasteiger partial charge in [-0.3, -0.25) is 14.6 Å². The molecule has 0 unspecified atom stereocenters. The third-order valence-corrected chi connectivity index (χ3v) is 4.52. The Hall–Kier alpha value is -3.26. The van der Waals surface area contributed by atoms with E-state index in [0.29, 0.717) is 18.7 Å². The van der Waals surface area contributed by atoms with Crippen molar-refractivity contribution in [1.29, 1.82) is 0 Å². The van der Waals surface area contributed by atoms with Crippen LogP contribution in [-0.4, -0.2) is 33.3 Å². The lowest BCUT2D eigenvalue weighted by Gasteiger charge is -2.07. The van der Waals surface area contributed by atoms with Gasteiger partial charge in [-0.25, -0.2) is 4.98 Å². The molecule has 2 aromatic heterocycles. The summed E-state index contributed by atoms with van der Waals surface area (Å²) < 4.78 is 0. The molecule has 2 heterocycles. The number of fused-ring (bicyclic) bond motifs is 1. The standard InChI is InChI=1S/C20H24N6O2/c1-3-19(27)26-13-4-5-17-16(8-13)15(12(2)24-17)6-7-22-9-14-10-23-11-18(25-14)20(21)28/h4-5,8,10-11,22,24H,3,6-7,9H2,1-2H3,(H2,21,28)(H,26,27). The zero-order valence-electron chi connectivity index (χ0n) is 16.0. The summed E-state index contributed by atoms with van der Waals surface area (Å²) in [6.07, 6.45) is 4.22. The first-order valence-electron chi connectivity index (χ1n) is 9.20. The second-order valence-corrected chi connectivity index (χ2v) is 6.58. The predicted octanol–water partition coefficient (Wildman–Crippen LogP) is 2.05. The average Bonchev–Trinajstić information content (AvgIpc) is 3.00.